The van der Waals surface area contributed by atoms with Gasteiger partial charge >= 0.3 is 0 Å². The van der Waals surface area contributed by atoms with Crippen molar-refractivity contribution in [3.8, 4) is 0 Å². The summed E-state index contributed by atoms with van der Waals surface area (Å²) in [5.74, 6) is 0. The molecule has 0 spiro atoms. The molecule has 0 aliphatic carbocycles. The van der Waals surface area contributed by atoms with Crippen LogP contribution in [0.1, 0.15) is 5.56 Å². The summed E-state index contributed by atoms with van der Waals surface area (Å²) in [5, 5.41) is 6.17. The van der Waals surface area contributed by atoms with E-state index in [1.165, 1.54) is 10.6 Å². The molecule has 0 radical (unpaired) electrons. The van der Waals surface area contributed by atoms with Crippen LogP contribution in [0.5, 0.6) is 0 Å². The second kappa shape index (κ2) is 9.17. The first kappa shape index (κ1) is 19.6. The van der Waals surface area contributed by atoms with Gasteiger partial charge in [0.05, 0.1) is 29.5 Å². The fourth-order valence-electron chi connectivity index (χ4n) is 3.06. The summed E-state index contributed by atoms with van der Waals surface area (Å²) in [5.41, 5.74) is 2.07. The Balaban J connectivity index is 1.72. The zero-order valence-electron chi connectivity index (χ0n) is 16.2. The van der Waals surface area contributed by atoms with Crippen molar-refractivity contribution in [1.82, 2.24) is 0 Å². The van der Waals surface area contributed by atoms with E-state index in [0.29, 0.717) is 0 Å². The van der Waals surface area contributed by atoms with Gasteiger partial charge < -0.3 is 5.09 Å². The van der Waals surface area contributed by atoms with E-state index in [-0.39, 0.29) is 0 Å². The highest BCUT2D eigenvalue weighted by Gasteiger charge is 2.18. The van der Waals surface area contributed by atoms with Gasteiger partial charge in [-0.1, -0.05) is 90.5 Å². The van der Waals surface area contributed by atoms with Crippen LogP contribution in [0.4, 0.5) is 5.69 Å². The number of rotatable bonds is 6. The molecule has 4 aromatic rings. The zero-order chi connectivity index (χ0) is 20.1. The highest BCUT2D eigenvalue weighted by atomic mass is 32.2. The topological polar surface area (TPSA) is 29.1 Å². The number of para-hydroxylation sites is 1. The van der Waals surface area contributed by atoms with Crippen molar-refractivity contribution >= 4 is 35.2 Å². The second-order valence-electron chi connectivity index (χ2n) is 6.70. The Morgan fingerprint density at radius 1 is 0.655 bits per heavy atom. The lowest BCUT2D eigenvalue weighted by Crippen LogP contribution is -2.17. The minimum Gasteiger partial charge on any atom is -0.356 e. The minimum absolute atomic E-state index is 0.802. The van der Waals surface area contributed by atoms with Gasteiger partial charge in [0.1, 0.15) is 0 Å². The van der Waals surface area contributed by atoms with Gasteiger partial charge in [-0.2, -0.15) is 0 Å². The van der Waals surface area contributed by atoms with Crippen LogP contribution in [-0.2, 0) is 10.8 Å². The Morgan fingerprint density at radius 2 is 1.17 bits per heavy atom. The van der Waals surface area contributed by atoms with Crippen LogP contribution in [0.15, 0.2) is 119 Å². The van der Waals surface area contributed by atoms with Crippen molar-refractivity contribution in [3.63, 3.8) is 0 Å². The predicted octanol–water partition coefficient (Wildman–Crippen LogP) is 5.62. The Morgan fingerprint density at radius 3 is 1.76 bits per heavy atom. The molecule has 4 aromatic carbocycles. The number of anilines is 1. The van der Waals surface area contributed by atoms with Crippen LogP contribution in [0.2, 0.25) is 0 Å². The normalized spacial score (nSPS) is 11.9. The first-order valence-corrected chi connectivity index (χ1v) is 12.0. The summed E-state index contributed by atoms with van der Waals surface area (Å²) in [7, 11) is -2.07. The highest BCUT2D eigenvalue weighted by molar-refractivity contribution is 7.85. The summed E-state index contributed by atoms with van der Waals surface area (Å²) in [6.45, 7) is 2.04. The molecule has 0 saturated carbocycles. The van der Waals surface area contributed by atoms with Crippen molar-refractivity contribution in [2.24, 2.45) is 0 Å². The van der Waals surface area contributed by atoms with Gasteiger partial charge in [0, 0.05) is 15.5 Å². The molecule has 0 aromatic heterocycles. The molecule has 0 bridgehead atoms. The van der Waals surface area contributed by atoms with E-state index in [9.17, 15) is 4.21 Å². The van der Waals surface area contributed by atoms with Gasteiger partial charge in [-0.05, 0) is 31.2 Å². The molecule has 4 rings (SSSR count). The standard InChI is InChI=1S/C25H22NOPS/c1-20-16-18-23(19-17-20)29(27)25-15-9-8-14-24(25)26-28(21-10-4-2-5-11-21)22-12-6-3-7-13-22/h2-19,26H,1H3. The molecule has 1 N–H and O–H groups in total. The monoisotopic (exact) mass is 415 g/mol. The molecule has 1 atom stereocenters. The second-order valence-corrected chi connectivity index (χ2v) is 10.1. The number of aryl methyl sites for hydroxylation is 1. The Bertz CT molecular complexity index is 1060. The van der Waals surface area contributed by atoms with E-state index in [2.05, 4.69) is 53.6 Å². The molecule has 144 valence electrons. The Hall–Kier alpha value is -2.74. The van der Waals surface area contributed by atoms with Crippen molar-refractivity contribution < 1.29 is 4.21 Å². The summed E-state index contributed by atoms with van der Waals surface area (Å²) in [6, 6.07) is 36.7. The maximum Gasteiger partial charge on any atom is 0.0870 e. The van der Waals surface area contributed by atoms with Crippen molar-refractivity contribution in [2.45, 2.75) is 16.7 Å². The molecule has 0 heterocycles. The molecule has 0 aliphatic heterocycles. The number of hydrogen-bond donors (Lipinski definition) is 1. The van der Waals surface area contributed by atoms with Crippen molar-refractivity contribution in [3.05, 3.63) is 115 Å². The summed E-state index contributed by atoms with van der Waals surface area (Å²) in [6.07, 6.45) is 0. The maximum atomic E-state index is 13.3. The van der Waals surface area contributed by atoms with Crippen molar-refractivity contribution in [2.75, 3.05) is 5.09 Å². The van der Waals surface area contributed by atoms with E-state index in [0.717, 1.165) is 21.0 Å². The first-order chi connectivity index (χ1) is 14.2. The molecule has 0 fully saturated rings. The summed E-state index contributed by atoms with van der Waals surface area (Å²) >= 11 is 0. The molecule has 4 heteroatoms. The van der Waals surface area contributed by atoms with Crippen molar-refractivity contribution in [1.29, 1.82) is 0 Å². The van der Waals surface area contributed by atoms with Gasteiger partial charge in [0.15, 0.2) is 0 Å². The smallest absolute Gasteiger partial charge is 0.0870 e. The first-order valence-electron chi connectivity index (χ1n) is 9.47. The van der Waals surface area contributed by atoms with Crippen LogP contribution in [0, 0.1) is 6.92 Å². The van der Waals surface area contributed by atoms with E-state index >= 15 is 0 Å². The quantitative estimate of drug-likeness (QED) is 0.414. The molecular formula is C25H22NOPS. The summed E-state index contributed by atoms with van der Waals surface area (Å²) < 4.78 is 13.3. The molecule has 2 nitrogen and oxygen atoms in total. The van der Waals surface area contributed by atoms with E-state index < -0.39 is 18.9 Å². The Labute approximate surface area is 175 Å². The molecule has 29 heavy (non-hydrogen) atoms. The van der Waals surface area contributed by atoms with Crippen LogP contribution < -0.4 is 15.7 Å². The van der Waals surface area contributed by atoms with E-state index in [1.807, 2.05) is 67.6 Å². The van der Waals surface area contributed by atoms with Crippen LogP contribution >= 0.6 is 8.07 Å². The Kier molecular flexibility index (Phi) is 6.19. The maximum absolute atomic E-state index is 13.3. The van der Waals surface area contributed by atoms with Gasteiger partial charge in [-0.3, -0.25) is 0 Å². The number of benzene rings is 4. The van der Waals surface area contributed by atoms with Gasteiger partial charge in [0.2, 0.25) is 0 Å². The largest absolute Gasteiger partial charge is 0.356 e. The van der Waals surface area contributed by atoms with Crippen LogP contribution in [-0.4, -0.2) is 4.21 Å². The average Bonchev–Trinajstić information content (AvgIpc) is 2.79. The molecule has 0 saturated heterocycles. The highest BCUT2D eigenvalue weighted by Crippen LogP contribution is 2.37. The third kappa shape index (κ3) is 4.64. The lowest BCUT2D eigenvalue weighted by atomic mass is 10.2. The third-order valence-electron chi connectivity index (χ3n) is 4.58. The average molecular weight is 415 g/mol. The fourth-order valence-corrected chi connectivity index (χ4v) is 6.23. The number of hydrogen-bond acceptors (Lipinski definition) is 2. The SMILES string of the molecule is Cc1ccc(S(=O)c2ccccc2NP(c2ccccc2)c2ccccc2)cc1. The minimum atomic E-state index is -1.25. The third-order valence-corrected chi connectivity index (χ3v) is 8.13. The van der Waals surface area contributed by atoms with E-state index in [4.69, 9.17) is 0 Å². The van der Waals surface area contributed by atoms with Crippen LogP contribution in [0.3, 0.4) is 0 Å². The molecule has 0 aliphatic rings. The van der Waals surface area contributed by atoms with Gasteiger partial charge in [0.25, 0.3) is 0 Å². The molecule has 1 unspecified atom stereocenters. The lowest BCUT2D eigenvalue weighted by Gasteiger charge is -2.22. The lowest BCUT2D eigenvalue weighted by molar-refractivity contribution is 0.683. The molecule has 0 amide bonds. The fraction of sp³-hybridized carbons (Fsp3) is 0.0400. The number of nitrogens with one attached hydrogen (secondary N) is 1. The summed E-state index contributed by atoms with van der Waals surface area (Å²) in [4.78, 5) is 1.62. The van der Waals surface area contributed by atoms with Gasteiger partial charge in [-0.15, -0.1) is 0 Å². The van der Waals surface area contributed by atoms with Gasteiger partial charge in [-0.25, -0.2) is 4.21 Å². The predicted molar refractivity (Wildman–Crippen MR) is 125 cm³/mol. The molecular weight excluding hydrogens is 393 g/mol. The van der Waals surface area contributed by atoms with E-state index in [1.54, 1.807) is 0 Å². The zero-order valence-corrected chi connectivity index (χ0v) is 17.9. The van der Waals surface area contributed by atoms with Crippen LogP contribution in [0.25, 0.3) is 0 Å².